The lowest BCUT2D eigenvalue weighted by Crippen LogP contribution is -2.07. The Morgan fingerprint density at radius 1 is 1.43 bits per heavy atom. The molecule has 0 radical (unpaired) electrons. The molecular formula is C8H16Cl3N3. The molecule has 0 atom stereocenters. The number of aryl methyl sites for hydroxylation is 1. The second-order valence-electron chi connectivity index (χ2n) is 3.19. The van der Waals surface area contributed by atoms with Gasteiger partial charge in [0.15, 0.2) is 0 Å². The van der Waals surface area contributed by atoms with E-state index in [0.29, 0.717) is 0 Å². The molecule has 0 bridgehead atoms. The van der Waals surface area contributed by atoms with E-state index >= 15 is 0 Å². The minimum Gasteiger partial charge on any atom is -0.355 e. The van der Waals surface area contributed by atoms with Gasteiger partial charge in [0.1, 0.15) is 0 Å². The van der Waals surface area contributed by atoms with Crippen LogP contribution in [0.3, 0.4) is 0 Å². The topological polar surface area (TPSA) is 29.9 Å². The molecule has 3 nitrogen and oxygen atoms in total. The summed E-state index contributed by atoms with van der Waals surface area (Å²) in [4.78, 5) is 4.17. The van der Waals surface area contributed by atoms with E-state index in [0.717, 1.165) is 18.4 Å². The van der Waals surface area contributed by atoms with E-state index in [1.165, 1.54) is 12.8 Å². The number of hydrogen-bond acceptors (Lipinski definition) is 2. The number of imidazole rings is 1. The van der Waals surface area contributed by atoms with E-state index in [-0.39, 0.29) is 37.2 Å². The van der Waals surface area contributed by atoms with Gasteiger partial charge in [0, 0.05) is 26.0 Å². The Morgan fingerprint density at radius 2 is 2.07 bits per heavy atom. The number of halogens is 3. The lowest BCUT2D eigenvalue weighted by molar-refractivity contribution is 0.841. The number of nitrogens with one attached hydrogen (secondary N) is 1. The summed E-state index contributed by atoms with van der Waals surface area (Å²) >= 11 is 0. The Balaban J connectivity index is 0. The highest BCUT2D eigenvalue weighted by Gasteiger charge is 2.20. The van der Waals surface area contributed by atoms with Gasteiger partial charge in [-0.15, -0.1) is 37.2 Å². The minimum absolute atomic E-state index is 0. The van der Waals surface area contributed by atoms with Crippen LogP contribution >= 0.6 is 37.2 Å². The number of aromatic nitrogens is 2. The quantitative estimate of drug-likeness (QED) is 0.905. The molecule has 1 saturated carbocycles. The number of nitrogens with zero attached hydrogens (tertiary/aromatic N) is 2. The van der Waals surface area contributed by atoms with Crippen molar-refractivity contribution in [2.75, 3.05) is 11.9 Å². The zero-order valence-corrected chi connectivity index (χ0v) is 10.4. The Bertz CT molecular complexity index is 248. The zero-order valence-electron chi connectivity index (χ0n) is 7.97. The van der Waals surface area contributed by atoms with Crippen LogP contribution in [0.4, 0.5) is 5.95 Å². The molecule has 0 aromatic carbocycles. The molecule has 0 aliphatic heterocycles. The molecule has 6 heteroatoms. The van der Waals surface area contributed by atoms with Crippen molar-refractivity contribution in [1.29, 1.82) is 0 Å². The van der Waals surface area contributed by atoms with E-state index in [1.54, 1.807) is 0 Å². The summed E-state index contributed by atoms with van der Waals surface area (Å²) in [7, 11) is 2.00. The predicted molar refractivity (Wildman–Crippen MR) is 66.2 cm³/mol. The molecule has 1 N–H and O–H groups in total. The molecule has 1 fully saturated rings. The highest BCUT2D eigenvalue weighted by molar-refractivity contribution is 5.86. The molecule has 14 heavy (non-hydrogen) atoms. The van der Waals surface area contributed by atoms with Crippen LogP contribution in [0.2, 0.25) is 0 Å². The number of hydrogen-bond donors (Lipinski definition) is 1. The van der Waals surface area contributed by atoms with Gasteiger partial charge >= 0.3 is 0 Å². The molecule has 0 unspecified atom stereocenters. The van der Waals surface area contributed by atoms with Crippen molar-refractivity contribution in [3.8, 4) is 0 Å². The molecule has 1 aliphatic carbocycles. The van der Waals surface area contributed by atoms with Crippen molar-refractivity contribution in [3.63, 3.8) is 0 Å². The lowest BCUT2D eigenvalue weighted by Gasteiger charge is -2.03. The maximum absolute atomic E-state index is 4.17. The van der Waals surface area contributed by atoms with E-state index < -0.39 is 0 Å². The van der Waals surface area contributed by atoms with Crippen LogP contribution in [0, 0.1) is 5.92 Å². The van der Waals surface area contributed by atoms with Crippen LogP contribution in [0.1, 0.15) is 12.8 Å². The van der Waals surface area contributed by atoms with Gasteiger partial charge in [-0.3, -0.25) is 0 Å². The first-order valence-electron chi connectivity index (χ1n) is 4.07. The van der Waals surface area contributed by atoms with Crippen LogP contribution in [-0.2, 0) is 7.05 Å². The van der Waals surface area contributed by atoms with Crippen LogP contribution in [0.15, 0.2) is 12.4 Å². The standard InChI is InChI=1S/C8H13N3.3ClH/c1-11-5-4-9-8(11)10-6-7-2-3-7;;;/h4-5,7H,2-3,6H2,1H3,(H,9,10);3*1H. The van der Waals surface area contributed by atoms with Gasteiger partial charge in [-0.25, -0.2) is 4.98 Å². The monoisotopic (exact) mass is 259 g/mol. The highest BCUT2D eigenvalue weighted by atomic mass is 35.5. The third kappa shape index (κ3) is 4.40. The van der Waals surface area contributed by atoms with Crippen LogP contribution in [0.25, 0.3) is 0 Å². The second kappa shape index (κ2) is 7.21. The molecule has 1 aliphatic rings. The largest absolute Gasteiger partial charge is 0.355 e. The predicted octanol–water partition coefficient (Wildman–Crippen LogP) is 2.51. The molecule has 0 amide bonds. The molecule has 84 valence electrons. The number of anilines is 1. The zero-order chi connectivity index (χ0) is 7.68. The molecule has 1 heterocycles. The molecule has 0 saturated heterocycles. The van der Waals surface area contributed by atoms with Crippen molar-refractivity contribution in [2.45, 2.75) is 12.8 Å². The summed E-state index contributed by atoms with van der Waals surface area (Å²) in [5.74, 6) is 1.89. The molecule has 2 rings (SSSR count). The van der Waals surface area contributed by atoms with Gasteiger partial charge in [0.25, 0.3) is 0 Å². The fourth-order valence-electron chi connectivity index (χ4n) is 1.09. The van der Waals surface area contributed by atoms with Gasteiger partial charge in [-0.05, 0) is 18.8 Å². The second-order valence-corrected chi connectivity index (χ2v) is 3.19. The summed E-state index contributed by atoms with van der Waals surface area (Å²) in [6, 6.07) is 0. The van der Waals surface area contributed by atoms with Crippen molar-refractivity contribution < 1.29 is 0 Å². The van der Waals surface area contributed by atoms with Gasteiger partial charge in [0.2, 0.25) is 5.95 Å². The third-order valence-corrected chi connectivity index (χ3v) is 2.07. The number of rotatable bonds is 3. The summed E-state index contributed by atoms with van der Waals surface area (Å²) < 4.78 is 2.00. The van der Waals surface area contributed by atoms with E-state index in [1.807, 2.05) is 24.0 Å². The average molecular weight is 261 g/mol. The van der Waals surface area contributed by atoms with Crippen LogP contribution < -0.4 is 5.32 Å². The summed E-state index contributed by atoms with van der Waals surface area (Å²) in [6.45, 7) is 1.09. The Hall–Kier alpha value is -0.120. The van der Waals surface area contributed by atoms with E-state index in [9.17, 15) is 0 Å². The van der Waals surface area contributed by atoms with E-state index in [2.05, 4.69) is 10.3 Å². The first-order valence-corrected chi connectivity index (χ1v) is 4.07. The van der Waals surface area contributed by atoms with Gasteiger partial charge in [-0.1, -0.05) is 0 Å². The van der Waals surface area contributed by atoms with Crippen molar-refractivity contribution in [2.24, 2.45) is 13.0 Å². The van der Waals surface area contributed by atoms with Crippen LogP contribution in [0.5, 0.6) is 0 Å². The molecule has 0 spiro atoms. The van der Waals surface area contributed by atoms with Gasteiger partial charge in [-0.2, -0.15) is 0 Å². The minimum atomic E-state index is 0. The smallest absolute Gasteiger partial charge is 0.202 e. The summed E-state index contributed by atoms with van der Waals surface area (Å²) in [6.07, 6.45) is 6.54. The third-order valence-electron chi connectivity index (χ3n) is 2.07. The van der Waals surface area contributed by atoms with Crippen molar-refractivity contribution >= 4 is 43.2 Å². The molecule has 1 aromatic rings. The summed E-state index contributed by atoms with van der Waals surface area (Å²) in [5.41, 5.74) is 0. The first-order chi connectivity index (χ1) is 5.36. The normalized spacial score (nSPS) is 13.2. The Labute approximate surface area is 103 Å². The maximum Gasteiger partial charge on any atom is 0.202 e. The van der Waals surface area contributed by atoms with Gasteiger partial charge in [0.05, 0.1) is 0 Å². The fourth-order valence-corrected chi connectivity index (χ4v) is 1.09. The lowest BCUT2D eigenvalue weighted by atomic mass is 10.4. The fraction of sp³-hybridized carbons (Fsp3) is 0.625. The summed E-state index contributed by atoms with van der Waals surface area (Å²) in [5, 5.41) is 3.31. The van der Waals surface area contributed by atoms with Crippen molar-refractivity contribution in [3.05, 3.63) is 12.4 Å². The average Bonchev–Trinajstić information content (AvgIpc) is 2.73. The van der Waals surface area contributed by atoms with Gasteiger partial charge < -0.3 is 9.88 Å². The highest BCUT2D eigenvalue weighted by Crippen LogP contribution is 2.28. The van der Waals surface area contributed by atoms with Crippen LogP contribution in [-0.4, -0.2) is 16.1 Å². The Morgan fingerprint density at radius 3 is 2.50 bits per heavy atom. The SMILES string of the molecule is Cl.Cl.Cl.Cn1ccnc1NCC1CC1. The molecular weight excluding hydrogens is 244 g/mol. The first kappa shape index (κ1) is 16.3. The van der Waals surface area contributed by atoms with Crippen molar-refractivity contribution in [1.82, 2.24) is 9.55 Å². The van der Waals surface area contributed by atoms with E-state index in [4.69, 9.17) is 0 Å². The maximum atomic E-state index is 4.17. The Kier molecular flexibility index (Phi) is 8.40. The molecule has 1 aromatic heterocycles.